The molecule has 3 nitrogen and oxygen atoms in total. The molecule has 1 aromatic rings. The Bertz CT molecular complexity index is 289. The van der Waals surface area contributed by atoms with Crippen molar-refractivity contribution in [1.29, 1.82) is 0 Å². The first kappa shape index (κ1) is 14.9. The van der Waals surface area contributed by atoms with Crippen molar-refractivity contribution in [3.63, 3.8) is 0 Å². The molecule has 0 aliphatic carbocycles. The van der Waals surface area contributed by atoms with E-state index in [2.05, 4.69) is 22.8 Å². The third-order valence-corrected chi connectivity index (χ3v) is 4.14. The smallest absolute Gasteiger partial charge is 0.190 e. The van der Waals surface area contributed by atoms with Gasteiger partial charge in [-0.2, -0.15) is 12.6 Å². The maximum absolute atomic E-state index is 4.21. The minimum absolute atomic E-state index is 1.03. The first-order chi connectivity index (χ1) is 8.34. The zero-order valence-electron chi connectivity index (χ0n) is 10.6. The summed E-state index contributed by atoms with van der Waals surface area (Å²) in [7, 11) is 1.99. The molecule has 0 radical (unpaired) electrons. The van der Waals surface area contributed by atoms with Gasteiger partial charge in [0.25, 0.3) is 0 Å². The molecule has 98 valence electrons. The van der Waals surface area contributed by atoms with Crippen molar-refractivity contribution in [3.05, 3.63) is 6.33 Å². The van der Waals surface area contributed by atoms with Gasteiger partial charge in [0.05, 0.1) is 0 Å². The second-order valence-corrected chi connectivity index (χ2v) is 5.78. The molecule has 0 unspecified atom stereocenters. The molecule has 0 fully saturated rings. The molecule has 0 aliphatic heterocycles. The van der Waals surface area contributed by atoms with Crippen molar-refractivity contribution < 1.29 is 0 Å². The van der Waals surface area contributed by atoms with Gasteiger partial charge in [-0.05, 0) is 18.6 Å². The maximum Gasteiger partial charge on any atom is 0.190 e. The van der Waals surface area contributed by atoms with Crippen LogP contribution in [0.3, 0.4) is 0 Å². The Kier molecular flexibility index (Phi) is 8.61. The summed E-state index contributed by atoms with van der Waals surface area (Å²) in [6.07, 6.45) is 11.1. The fourth-order valence-corrected chi connectivity index (χ4v) is 2.77. The Balaban J connectivity index is 1.86. The summed E-state index contributed by atoms with van der Waals surface area (Å²) in [6.45, 7) is 0. The zero-order chi connectivity index (χ0) is 12.3. The lowest BCUT2D eigenvalue weighted by Crippen LogP contribution is -1.90. The molecule has 0 N–H and O–H groups in total. The maximum atomic E-state index is 4.21. The van der Waals surface area contributed by atoms with E-state index >= 15 is 0 Å². The van der Waals surface area contributed by atoms with Gasteiger partial charge < -0.3 is 4.57 Å². The number of aromatic nitrogens is 3. The molecule has 0 saturated carbocycles. The molecule has 17 heavy (non-hydrogen) atoms. The van der Waals surface area contributed by atoms with Gasteiger partial charge in [-0.1, -0.05) is 43.9 Å². The minimum atomic E-state index is 1.03. The summed E-state index contributed by atoms with van der Waals surface area (Å²) in [5.74, 6) is 2.19. The normalized spacial score (nSPS) is 10.9. The zero-order valence-corrected chi connectivity index (χ0v) is 12.3. The standard InChI is InChI=1S/C12H23N3S2/c1-15-11-13-14-12(15)17-10-8-6-4-2-3-5-7-9-16/h11,16H,2-10H2,1H3. The molecule has 0 amide bonds. The van der Waals surface area contributed by atoms with Gasteiger partial charge in [0, 0.05) is 12.8 Å². The highest BCUT2D eigenvalue weighted by molar-refractivity contribution is 7.99. The second-order valence-electron chi connectivity index (χ2n) is 4.27. The van der Waals surface area contributed by atoms with E-state index in [-0.39, 0.29) is 0 Å². The van der Waals surface area contributed by atoms with Crippen LogP contribution in [-0.4, -0.2) is 26.3 Å². The van der Waals surface area contributed by atoms with Crippen molar-refractivity contribution in [1.82, 2.24) is 14.8 Å². The Morgan fingerprint density at radius 3 is 2.35 bits per heavy atom. The average molecular weight is 273 g/mol. The summed E-state index contributed by atoms with van der Waals surface area (Å²) in [4.78, 5) is 0. The highest BCUT2D eigenvalue weighted by Crippen LogP contribution is 2.16. The number of thiol groups is 1. The Morgan fingerprint density at radius 1 is 1.12 bits per heavy atom. The fraction of sp³-hybridized carbons (Fsp3) is 0.833. The first-order valence-electron chi connectivity index (χ1n) is 6.42. The number of thioether (sulfide) groups is 1. The van der Waals surface area contributed by atoms with E-state index in [0.29, 0.717) is 0 Å². The molecular formula is C12H23N3S2. The molecule has 0 aliphatic rings. The van der Waals surface area contributed by atoms with E-state index in [1.54, 1.807) is 18.1 Å². The number of unbranched alkanes of at least 4 members (excludes halogenated alkanes) is 6. The molecule has 0 bridgehead atoms. The van der Waals surface area contributed by atoms with Crippen molar-refractivity contribution in [2.75, 3.05) is 11.5 Å². The van der Waals surface area contributed by atoms with Gasteiger partial charge in [-0.15, -0.1) is 10.2 Å². The summed E-state index contributed by atoms with van der Waals surface area (Å²) < 4.78 is 1.97. The molecule has 0 saturated heterocycles. The summed E-state index contributed by atoms with van der Waals surface area (Å²) in [6, 6.07) is 0. The van der Waals surface area contributed by atoms with Crippen LogP contribution in [-0.2, 0) is 7.05 Å². The molecule has 1 rings (SSSR count). The third kappa shape index (κ3) is 6.99. The average Bonchev–Trinajstić information content (AvgIpc) is 2.73. The predicted molar refractivity (Wildman–Crippen MR) is 77.9 cm³/mol. The van der Waals surface area contributed by atoms with Crippen LogP contribution < -0.4 is 0 Å². The summed E-state index contributed by atoms with van der Waals surface area (Å²) in [5.41, 5.74) is 0. The predicted octanol–water partition coefficient (Wildman–Crippen LogP) is 3.57. The number of hydrogen-bond donors (Lipinski definition) is 1. The van der Waals surface area contributed by atoms with Crippen LogP contribution in [0, 0.1) is 0 Å². The molecule has 5 heteroatoms. The van der Waals surface area contributed by atoms with Crippen LogP contribution in [0.4, 0.5) is 0 Å². The monoisotopic (exact) mass is 273 g/mol. The molecular weight excluding hydrogens is 250 g/mol. The number of hydrogen-bond acceptors (Lipinski definition) is 4. The van der Waals surface area contributed by atoms with Gasteiger partial charge in [-0.25, -0.2) is 0 Å². The van der Waals surface area contributed by atoms with Gasteiger partial charge in [0.2, 0.25) is 0 Å². The Hall–Kier alpha value is -0.160. The van der Waals surface area contributed by atoms with E-state index in [1.807, 2.05) is 11.6 Å². The highest BCUT2D eigenvalue weighted by Gasteiger charge is 2.00. The number of nitrogens with zero attached hydrogens (tertiary/aromatic N) is 3. The topological polar surface area (TPSA) is 30.7 Å². The highest BCUT2D eigenvalue weighted by atomic mass is 32.2. The van der Waals surface area contributed by atoms with Crippen LogP contribution >= 0.6 is 24.4 Å². The minimum Gasteiger partial charge on any atom is -0.312 e. The van der Waals surface area contributed by atoms with Crippen molar-refractivity contribution >= 4 is 24.4 Å². The fourth-order valence-electron chi connectivity index (χ4n) is 1.66. The van der Waals surface area contributed by atoms with Crippen molar-refractivity contribution in [2.24, 2.45) is 7.05 Å². The van der Waals surface area contributed by atoms with Crippen LogP contribution in [0.2, 0.25) is 0 Å². The molecule has 1 heterocycles. The van der Waals surface area contributed by atoms with Crippen molar-refractivity contribution in [3.8, 4) is 0 Å². The summed E-state index contributed by atoms with van der Waals surface area (Å²) in [5, 5.41) is 8.94. The molecule has 0 spiro atoms. The first-order valence-corrected chi connectivity index (χ1v) is 8.04. The number of aryl methyl sites for hydroxylation is 1. The van der Waals surface area contributed by atoms with E-state index in [1.165, 1.54) is 44.9 Å². The van der Waals surface area contributed by atoms with E-state index in [0.717, 1.165) is 16.7 Å². The number of rotatable bonds is 10. The van der Waals surface area contributed by atoms with Crippen LogP contribution in [0.5, 0.6) is 0 Å². The van der Waals surface area contributed by atoms with E-state index in [9.17, 15) is 0 Å². The lowest BCUT2D eigenvalue weighted by atomic mass is 10.1. The SMILES string of the molecule is Cn1cnnc1SCCCCCCCCCS. The lowest BCUT2D eigenvalue weighted by Gasteiger charge is -2.01. The summed E-state index contributed by atoms with van der Waals surface area (Å²) >= 11 is 6.02. The van der Waals surface area contributed by atoms with Crippen LogP contribution in [0.25, 0.3) is 0 Å². The molecule has 0 atom stereocenters. The molecule has 0 aromatic carbocycles. The van der Waals surface area contributed by atoms with E-state index < -0.39 is 0 Å². The van der Waals surface area contributed by atoms with Gasteiger partial charge in [0.15, 0.2) is 5.16 Å². The largest absolute Gasteiger partial charge is 0.312 e. The third-order valence-electron chi connectivity index (χ3n) is 2.70. The molecule has 1 aromatic heterocycles. The van der Waals surface area contributed by atoms with E-state index in [4.69, 9.17) is 0 Å². The Labute approximate surface area is 114 Å². The second kappa shape index (κ2) is 9.83. The van der Waals surface area contributed by atoms with Crippen LogP contribution in [0.1, 0.15) is 44.9 Å². The lowest BCUT2D eigenvalue weighted by molar-refractivity contribution is 0.605. The Morgan fingerprint density at radius 2 is 1.76 bits per heavy atom. The van der Waals surface area contributed by atoms with Gasteiger partial charge in [-0.3, -0.25) is 0 Å². The quantitative estimate of drug-likeness (QED) is 0.402. The van der Waals surface area contributed by atoms with Crippen molar-refractivity contribution in [2.45, 2.75) is 50.1 Å². The van der Waals surface area contributed by atoms with Crippen LogP contribution in [0.15, 0.2) is 11.5 Å². The van der Waals surface area contributed by atoms with Gasteiger partial charge in [0.1, 0.15) is 6.33 Å². The van der Waals surface area contributed by atoms with Gasteiger partial charge >= 0.3 is 0 Å².